The van der Waals surface area contributed by atoms with Crippen LogP contribution in [0.5, 0.6) is 0 Å². The van der Waals surface area contributed by atoms with E-state index in [0.29, 0.717) is 18.5 Å². The van der Waals surface area contributed by atoms with Crippen LogP contribution in [0.2, 0.25) is 0 Å². The number of benzene rings is 1. The van der Waals surface area contributed by atoms with Crippen LogP contribution in [0, 0.1) is 5.41 Å². The number of anilines is 1. The van der Waals surface area contributed by atoms with Gasteiger partial charge in [0.1, 0.15) is 0 Å². The first-order valence-electron chi connectivity index (χ1n) is 7.95. The molecule has 2 aliphatic heterocycles. The van der Waals surface area contributed by atoms with Crippen molar-refractivity contribution >= 4 is 17.6 Å². The molecular weight excluding hydrogens is 296 g/mol. The predicted octanol–water partition coefficient (Wildman–Crippen LogP) is 1.46. The van der Waals surface area contributed by atoms with Crippen molar-refractivity contribution in [3.63, 3.8) is 0 Å². The molecular formula is C17H22N2O4. The Hall–Kier alpha value is -2.08. The maximum Gasteiger partial charge on any atom is 0.311 e. The van der Waals surface area contributed by atoms with Gasteiger partial charge in [-0.15, -0.1) is 0 Å². The SMILES string of the molecule is CC1(C(=O)O)CCN(C(=O)c2ccc(N3CCOCC3)cc2)C1. The number of hydrogen-bond donors (Lipinski definition) is 1. The Morgan fingerprint density at radius 1 is 1.13 bits per heavy atom. The molecule has 3 rings (SSSR count). The van der Waals surface area contributed by atoms with E-state index in [1.165, 1.54) is 0 Å². The van der Waals surface area contributed by atoms with Crippen molar-refractivity contribution in [1.82, 2.24) is 4.90 Å². The lowest BCUT2D eigenvalue weighted by molar-refractivity contribution is -0.147. The van der Waals surface area contributed by atoms with Crippen LogP contribution >= 0.6 is 0 Å². The van der Waals surface area contributed by atoms with Crippen molar-refractivity contribution in [3.8, 4) is 0 Å². The smallest absolute Gasteiger partial charge is 0.311 e. The van der Waals surface area contributed by atoms with Gasteiger partial charge in [0.15, 0.2) is 0 Å². The van der Waals surface area contributed by atoms with Crippen molar-refractivity contribution < 1.29 is 19.4 Å². The lowest BCUT2D eigenvalue weighted by Gasteiger charge is -2.29. The quantitative estimate of drug-likeness (QED) is 0.914. The van der Waals surface area contributed by atoms with E-state index >= 15 is 0 Å². The molecule has 6 heteroatoms. The molecule has 6 nitrogen and oxygen atoms in total. The van der Waals surface area contributed by atoms with Gasteiger partial charge < -0.3 is 19.6 Å². The van der Waals surface area contributed by atoms with Crippen molar-refractivity contribution in [2.75, 3.05) is 44.3 Å². The number of carboxylic acids is 1. The number of aliphatic carboxylic acids is 1. The van der Waals surface area contributed by atoms with Crippen LogP contribution in [-0.4, -0.2) is 61.3 Å². The fourth-order valence-corrected chi connectivity index (χ4v) is 3.13. The Labute approximate surface area is 135 Å². The van der Waals surface area contributed by atoms with Crippen LogP contribution in [0.15, 0.2) is 24.3 Å². The zero-order chi connectivity index (χ0) is 16.4. The number of ether oxygens (including phenoxy) is 1. The molecule has 23 heavy (non-hydrogen) atoms. The molecule has 2 heterocycles. The molecule has 1 amide bonds. The summed E-state index contributed by atoms with van der Waals surface area (Å²) in [5.41, 5.74) is 0.863. The van der Waals surface area contributed by atoms with Crippen molar-refractivity contribution in [2.24, 2.45) is 5.41 Å². The first kappa shape index (κ1) is 15.8. The molecule has 0 radical (unpaired) electrons. The number of carbonyl (C=O) groups is 2. The van der Waals surface area contributed by atoms with Crippen LogP contribution in [0.1, 0.15) is 23.7 Å². The lowest BCUT2D eigenvalue weighted by atomic mass is 9.90. The summed E-state index contributed by atoms with van der Waals surface area (Å²) in [5, 5.41) is 9.27. The fourth-order valence-electron chi connectivity index (χ4n) is 3.13. The molecule has 0 aromatic heterocycles. The normalized spacial score (nSPS) is 24.7. The molecule has 1 aromatic carbocycles. The minimum Gasteiger partial charge on any atom is -0.481 e. The Kier molecular flexibility index (Phi) is 4.26. The summed E-state index contributed by atoms with van der Waals surface area (Å²) < 4.78 is 5.34. The summed E-state index contributed by atoms with van der Waals surface area (Å²) in [4.78, 5) is 27.7. The minimum atomic E-state index is -0.838. The highest BCUT2D eigenvalue weighted by Crippen LogP contribution is 2.31. The molecule has 1 unspecified atom stereocenters. The fraction of sp³-hybridized carbons (Fsp3) is 0.529. The number of nitrogens with zero attached hydrogens (tertiary/aromatic N) is 2. The van der Waals surface area contributed by atoms with E-state index in [1.807, 2.05) is 24.3 Å². The van der Waals surface area contributed by atoms with E-state index in [-0.39, 0.29) is 12.5 Å². The van der Waals surface area contributed by atoms with Gasteiger partial charge in [0.25, 0.3) is 5.91 Å². The maximum absolute atomic E-state index is 12.5. The van der Waals surface area contributed by atoms with Gasteiger partial charge >= 0.3 is 5.97 Å². The van der Waals surface area contributed by atoms with E-state index in [4.69, 9.17) is 4.74 Å². The summed E-state index contributed by atoms with van der Waals surface area (Å²) in [5.74, 6) is -0.932. The van der Waals surface area contributed by atoms with E-state index in [1.54, 1.807) is 11.8 Å². The average molecular weight is 318 g/mol. The van der Waals surface area contributed by atoms with Crippen LogP contribution in [-0.2, 0) is 9.53 Å². The highest BCUT2D eigenvalue weighted by molar-refractivity contribution is 5.95. The Bertz CT molecular complexity index is 595. The average Bonchev–Trinajstić information content (AvgIpc) is 2.99. The number of morpholine rings is 1. The molecule has 1 aromatic rings. The van der Waals surface area contributed by atoms with Crippen LogP contribution < -0.4 is 4.90 Å². The van der Waals surface area contributed by atoms with E-state index < -0.39 is 11.4 Å². The number of likely N-dealkylation sites (tertiary alicyclic amines) is 1. The second-order valence-electron chi connectivity index (χ2n) is 6.49. The van der Waals surface area contributed by atoms with E-state index in [0.717, 1.165) is 32.0 Å². The second kappa shape index (κ2) is 6.20. The molecule has 0 bridgehead atoms. The lowest BCUT2D eigenvalue weighted by Crippen LogP contribution is -2.36. The first-order valence-corrected chi connectivity index (χ1v) is 7.95. The molecule has 2 fully saturated rings. The third kappa shape index (κ3) is 3.17. The third-order valence-corrected chi connectivity index (χ3v) is 4.77. The topological polar surface area (TPSA) is 70.1 Å². The molecule has 1 N–H and O–H groups in total. The third-order valence-electron chi connectivity index (χ3n) is 4.77. The monoisotopic (exact) mass is 318 g/mol. The number of amides is 1. The number of carbonyl (C=O) groups excluding carboxylic acids is 1. The van der Waals surface area contributed by atoms with Crippen molar-refractivity contribution in [2.45, 2.75) is 13.3 Å². The van der Waals surface area contributed by atoms with Crippen LogP contribution in [0.4, 0.5) is 5.69 Å². The number of carboxylic acid groups (broad SMARTS) is 1. The van der Waals surface area contributed by atoms with Gasteiger partial charge in [0, 0.05) is 37.4 Å². The molecule has 2 aliphatic rings. The summed E-state index contributed by atoms with van der Waals surface area (Å²) in [6, 6.07) is 7.54. The van der Waals surface area contributed by atoms with Gasteiger partial charge in [0.2, 0.25) is 0 Å². The largest absolute Gasteiger partial charge is 0.481 e. The van der Waals surface area contributed by atoms with Gasteiger partial charge in [-0.05, 0) is 37.6 Å². The first-order chi connectivity index (χ1) is 11.0. The molecule has 0 spiro atoms. The molecule has 1 atom stereocenters. The highest BCUT2D eigenvalue weighted by atomic mass is 16.5. The van der Waals surface area contributed by atoms with Gasteiger partial charge in [0.05, 0.1) is 18.6 Å². The van der Waals surface area contributed by atoms with Gasteiger partial charge in [-0.25, -0.2) is 0 Å². The van der Waals surface area contributed by atoms with Crippen LogP contribution in [0.3, 0.4) is 0 Å². The number of rotatable bonds is 3. The Balaban J connectivity index is 1.67. The zero-order valence-corrected chi connectivity index (χ0v) is 13.3. The maximum atomic E-state index is 12.5. The predicted molar refractivity (Wildman–Crippen MR) is 85.7 cm³/mol. The summed E-state index contributed by atoms with van der Waals surface area (Å²) in [6.07, 6.45) is 0.500. The van der Waals surface area contributed by atoms with Gasteiger partial charge in [-0.1, -0.05) is 0 Å². The van der Waals surface area contributed by atoms with E-state index in [2.05, 4.69) is 4.90 Å². The zero-order valence-electron chi connectivity index (χ0n) is 13.3. The van der Waals surface area contributed by atoms with E-state index in [9.17, 15) is 14.7 Å². The Morgan fingerprint density at radius 2 is 1.78 bits per heavy atom. The molecule has 0 saturated carbocycles. The van der Waals surface area contributed by atoms with Gasteiger partial charge in [-0.2, -0.15) is 0 Å². The molecule has 124 valence electrons. The van der Waals surface area contributed by atoms with Crippen LogP contribution in [0.25, 0.3) is 0 Å². The standard InChI is InChI=1S/C17H22N2O4/c1-17(16(21)22)6-7-19(12-17)15(20)13-2-4-14(5-3-13)18-8-10-23-11-9-18/h2-5H,6-12H2,1H3,(H,21,22). The second-order valence-corrected chi connectivity index (χ2v) is 6.49. The summed E-state index contributed by atoms with van der Waals surface area (Å²) >= 11 is 0. The molecule has 0 aliphatic carbocycles. The van der Waals surface area contributed by atoms with Crippen molar-refractivity contribution in [1.29, 1.82) is 0 Å². The summed E-state index contributed by atoms with van der Waals surface area (Å²) in [7, 11) is 0. The van der Waals surface area contributed by atoms with Crippen molar-refractivity contribution in [3.05, 3.63) is 29.8 Å². The summed E-state index contributed by atoms with van der Waals surface area (Å²) in [6.45, 7) is 5.63. The number of hydrogen-bond acceptors (Lipinski definition) is 4. The van der Waals surface area contributed by atoms with Gasteiger partial charge in [-0.3, -0.25) is 9.59 Å². The highest BCUT2D eigenvalue weighted by Gasteiger charge is 2.42. The Morgan fingerprint density at radius 3 is 2.35 bits per heavy atom. The molecule has 2 saturated heterocycles. The minimum absolute atomic E-state index is 0.0940.